The van der Waals surface area contributed by atoms with Crippen LogP contribution in [0.1, 0.15) is 0 Å². The summed E-state index contributed by atoms with van der Waals surface area (Å²) >= 11 is -2.12. The molecule has 2 N–H and O–H groups in total. The van der Waals surface area contributed by atoms with E-state index in [9.17, 15) is 0 Å². The Morgan fingerprint density at radius 1 is 0.643 bits per heavy atom. The second kappa shape index (κ2) is 4.50. The molecule has 2 rings (SSSR count). The van der Waals surface area contributed by atoms with Crippen LogP contribution in [0.15, 0.2) is 60.7 Å². The zero-order valence-corrected chi connectivity index (χ0v) is 11.0. The van der Waals surface area contributed by atoms with Crippen molar-refractivity contribution in [3.8, 4) is 0 Å². The van der Waals surface area contributed by atoms with Gasteiger partial charge in [0, 0.05) is 0 Å². The molecule has 0 aliphatic carbocycles. The third-order valence-corrected chi connectivity index (χ3v) is 8.23. The molecule has 0 saturated heterocycles. The van der Waals surface area contributed by atoms with E-state index in [1.54, 1.807) is 0 Å². The van der Waals surface area contributed by atoms with E-state index >= 15 is 0 Å². The van der Waals surface area contributed by atoms with Crippen LogP contribution >= 0.6 is 0 Å². The van der Waals surface area contributed by atoms with Gasteiger partial charge in [-0.1, -0.05) is 0 Å². The van der Waals surface area contributed by atoms with E-state index in [0.717, 1.165) is 0 Å². The molecule has 2 aromatic carbocycles. The van der Waals surface area contributed by atoms with Gasteiger partial charge in [-0.25, -0.2) is 0 Å². The molecule has 0 heterocycles. The number of benzene rings is 2. The average molecular weight is 236 g/mol. The van der Waals surface area contributed by atoms with Gasteiger partial charge >= 0.3 is 89.6 Å². The molecule has 0 amide bonds. The van der Waals surface area contributed by atoms with Gasteiger partial charge in [-0.15, -0.1) is 0 Å². The monoisotopic (exact) mass is 234 g/mol. The minimum atomic E-state index is -2.12. The first kappa shape index (κ1) is 9.57. The number of rotatable bonds is 2. The summed E-state index contributed by atoms with van der Waals surface area (Å²) in [5.41, 5.74) is 0. The standard InChI is InChI=1S/2C6H5.H2N.Zn/c2*1-2-4-6-5-3-1;;/h2*1-5H;1H2;/q;;-1;+1. The Kier molecular flexibility index (Phi) is 3.08. The molecule has 0 atom stereocenters. The summed E-state index contributed by atoms with van der Waals surface area (Å²) in [6.07, 6.45) is 0. The van der Waals surface area contributed by atoms with Crippen molar-refractivity contribution in [2.75, 3.05) is 0 Å². The van der Waals surface area contributed by atoms with Gasteiger partial charge in [0.2, 0.25) is 0 Å². The van der Waals surface area contributed by atoms with Crippen LogP contribution in [0, 0.1) is 0 Å². The van der Waals surface area contributed by atoms with Crippen molar-refractivity contribution in [3.05, 3.63) is 60.7 Å². The minimum absolute atomic E-state index is 1.36. The first-order chi connectivity index (χ1) is 6.88. The predicted octanol–water partition coefficient (Wildman–Crippen LogP) is 1.13. The molecule has 2 aromatic rings. The van der Waals surface area contributed by atoms with Crippen molar-refractivity contribution in [3.63, 3.8) is 0 Å². The molecule has 0 bridgehead atoms. The molecular weight excluding hydrogens is 224 g/mol. The normalized spacial score (nSPS) is 9.79. The fourth-order valence-electron chi connectivity index (χ4n) is 1.70. The Morgan fingerprint density at radius 3 is 1.36 bits per heavy atom. The Hall–Kier alpha value is -0.977. The molecule has 0 spiro atoms. The molecule has 14 heavy (non-hydrogen) atoms. The molecule has 0 saturated carbocycles. The fraction of sp³-hybridized carbons (Fsp3) is 0. The van der Waals surface area contributed by atoms with Gasteiger partial charge in [0.1, 0.15) is 0 Å². The zero-order chi connectivity index (χ0) is 9.80. The molecule has 0 fully saturated rings. The Bertz CT molecular complexity index is 346. The maximum atomic E-state index is 6.32. The van der Waals surface area contributed by atoms with Gasteiger partial charge in [-0.2, -0.15) is 0 Å². The van der Waals surface area contributed by atoms with E-state index in [1.165, 1.54) is 8.32 Å². The van der Waals surface area contributed by atoms with Crippen molar-refractivity contribution < 1.29 is 16.2 Å². The molecule has 67 valence electrons. The van der Waals surface area contributed by atoms with Gasteiger partial charge in [0.05, 0.1) is 0 Å². The van der Waals surface area contributed by atoms with E-state index in [2.05, 4.69) is 48.5 Å². The SMILES string of the molecule is [NH2][Zn]([c]1ccccc1)[c]1ccccc1. The number of hydrogen-bond acceptors (Lipinski definition) is 1. The molecule has 0 aliphatic heterocycles. The van der Waals surface area contributed by atoms with E-state index in [4.69, 9.17) is 4.48 Å². The van der Waals surface area contributed by atoms with Gasteiger partial charge in [-0.3, -0.25) is 0 Å². The zero-order valence-electron chi connectivity index (χ0n) is 8.06. The fourth-order valence-corrected chi connectivity index (χ4v) is 5.96. The summed E-state index contributed by atoms with van der Waals surface area (Å²) in [4.78, 5) is 0. The molecule has 0 radical (unpaired) electrons. The van der Waals surface area contributed by atoms with Gasteiger partial charge < -0.3 is 0 Å². The van der Waals surface area contributed by atoms with Crippen LogP contribution in [0.2, 0.25) is 0 Å². The molecule has 0 unspecified atom stereocenters. The van der Waals surface area contributed by atoms with Gasteiger partial charge in [0.25, 0.3) is 0 Å². The quantitative estimate of drug-likeness (QED) is 0.776. The summed E-state index contributed by atoms with van der Waals surface area (Å²) in [6.45, 7) is 0. The molecule has 1 nitrogen and oxygen atoms in total. The van der Waals surface area contributed by atoms with Crippen LogP contribution in [0.5, 0.6) is 0 Å². The first-order valence-electron chi connectivity index (χ1n) is 4.94. The first-order valence-corrected chi connectivity index (χ1v) is 9.62. The molecule has 0 aromatic heterocycles. The second-order valence-corrected chi connectivity index (χ2v) is 9.44. The molecule has 2 heteroatoms. The van der Waals surface area contributed by atoms with Crippen molar-refractivity contribution in [1.82, 2.24) is 0 Å². The van der Waals surface area contributed by atoms with Crippen molar-refractivity contribution in [1.29, 1.82) is 0 Å². The van der Waals surface area contributed by atoms with E-state index in [-0.39, 0.29) is 0 Å². The number of hydrogen-bond donors (Lipinski definition) is 1. The predicted molar refractivity (Wildman–Crippen MR) is 56.3 cm³/mol. The van der Waals surface area contributed by atoms with Gasteiger partial charge in [0.15, 0.2) is 0 Å². The Labute approximate surface area is 89.7 Å². The third kappa shape index (κ3) is 2.09. The van der Waals surface area contributed by atoms with Gasteiger partial charge in [-0.05, 0) is 0 Å². The third-order valence-electron chi connectivity index (χ3n) is 2.57. The number of nitrogens with two attached hydrogens (primary N) is 1. The molecular formula is C12H12NZn. The summed E-state index contributed by atoms with van der Waals surface area (Å²) in [5.74, 6) is 0. The summed E-state index contributed by atoms with van der Waals surface area (Å²) < 4.78 is 9.04. The summed E-state index contributed by atoms with van der Waals surface area (Å²) in [6, 6.07) is 20.9. The van der Waals surface area contributed by atoms with Crippen LogP contribution < -0.4 is 12.8 Å². The van der Waals surface area contributed by atoms with Crippen molar-refractivity contribution >= 4 is 8.32 Å². The van der Waals surface area contributed by atoms with Crippen LogP contribution in [0.3, 0.4) is 0 Å². The second-order valence-electron chi connectivity index (χ2n) is 3.56. The Morgan fingerprint density at radius 2 is 1.00 bits per heavy atom. The van der Waals surface area contributed by atoms with E-state index < -0.39 is 16.2 Å². The topological polar surface area (TPSA) is 26.0 Å². The van der Waals surface area contributed by atoms with E-state index in [0.29, 0.717) is 0 Å². The van der Waals surface area contributed by atoms with Crippen molar-refractivity contribution in [2.45, 2.75) is 0 Å². The van der Waals surface area contributed by atoms with Crippen LogP contribution in [0.25, 0.3) is 0 Å². The van der Waals surface area contributed by atoms with E-state index in [1.807, 2.05) is 12.1 Å². The summed E-state index contributed by atoms with van der Waals surface area (Å²) in [5, 5.41) is 0. The van der Waals surface area contributed by atoms with Crippen molar-refractivity contribution in [2.24, 2.45) is 4.48 Å². The Balaban J connectivity index is 2.30. The van der Waals surface area contributed by atoms with Crippen LogP contribution in [-0.4, -0.2) is 0 Å². The summed E-state index contributed by atoms with van der Waals surface area (Å²) in [7, 11) is 0. The van der Waals surface area contributed by atoms with Crippen LogP contribution in [0.4, 0.5) is 0 Å². The average Bonchev–Trinajstić information content (AvgIpc) is 2.30. The molecule has 0 aliphatic rings. The maximum absolute atomic E-state index is 6.32. The van der Waals surface area contributed by atoms with Crippen LogP contribution in [-0.2, 0) is 16.2 Å².